The van der Waals surface area contributed by atoms with Crippen LogP contribution in [0, 0.1) is 11.3 Å². The number of hydrogen-bond acceptors (Lipinski definition) is 4. The van der Waals surface area contributed by atoms with Crippen LogP contribution in [-0.2, 0) is 11.4 Å². The Morgan fingerprint density at radius 3 is 2.41 bits per heavy atom. The van der Waals surface area contributed by atoms with Gasteiger partial charge in [0.2, 0.25) is 5.88 Å². The Morgan fingerprint density at radius 2 is 1.79 bits per heavy atom. The van der Waals surface area contributed by atoms with Crippen LogP contribution in [0.1, 0.15) is 58.4 Å². The molecule has 1 aliphatic carbocycles. The number of hydrogen-bond donors (Lipinski definition) is 0. The summed E-state index contributed by atoms with van der Waals surface area (Å²) in [6.45, 7) is 7.66. The molecule has 1 aromatic heterocycles. The van der Waals surface area contributed by atoms with Gasteiger partial charge in [-0.25, -0.2) is 10.0 Å². The van der Waals surface area contributed by atoms with Crippen molar-refractivity contribution in [3.63, 3.8) is 0 Å². The molecule has 0 atom stereocenters. The third-order valence-electron chi connectivity index (χ3n) is 6.53. The highest BCUT2D eigenvalue weighted by Gasteiger charge is 2.35. The zero-order valence-electron chi connectivity index (χ0n) is 18.0. The summed E-state index contributed by atoms with van der Waals surface area (Å²) in [5.74, 6) is 1.35. The molecule has 0 radical (unpaired) electrons. The highest BCUT2D eigenvalue weighted by atomic mass is 79.9. The number of aromatic nitrogens is 1. The number of hydroxylamine groups is 1. The Bertz CT molecular complexity index is 774. The minimum absolute atomic E-state index is 0.339. The molecule has 1 aliphatic rings. The van der Waals surface area contributed by atoms with E-state index in [-0.39, 0.29) is 0 Å². The Morgan fingerprint density at radius 1 is 1.10 bits per heavy atom. The first-order valence-electron chi connectivity index (χ1n) is 10.6. The van der Waals surface area contributed by atoms with Crippen molar-refractivity contribution in [3.8, 4) is 5.88 Å². The van der Waals surface area contributed by atoms with E-state index < -0.39 is 0 Å². The van der Waals surface area contributed by atoms with Gasteiger partial charge in [-0.05, 0) is 64.6 Å². The summed E-state index contributed by atoms with van der Waals surface area (Å²) in [4.78, 5) is 10.7. The fraction of sp³-hybridized carbons (Fsp3) is 0.542. The van der Waals surface area contributed by atoms with Gasteiger partial charge in [-0.3, -0.25) is 4.84 Å². The third-order valence-corrected chi connectivity index (χ3v) is 7.27. The average molecular weight is 461 g/mol. The standard InChI is InChI=1S/C24H33BrN2O2/c1-5-24(2,3)19-11-13-20(14-12-19)27(29-17-18-9-7-6-8-10-18)21-15-16-26-23(28-4)22(21)25/h6-10,15-16,19-20H,5,11-14,17H2,1-4H3. The van der Waals surface area contributed by atoms with E-state index >= 15 is 0 Å². The number of ether oxygens (including phenoxy) is 1. The van der Waals surface area contributed by atoms with E-state index in [1.807, 2.05) is 24.3 Å². The van der Waals surface area contributed by atoms with Gasteiger partial charge in [-0.15, -0.1) is 0 Å². The molecule has 1 saturated carbocycles. The largest absolute Gasteiger partial charge is 0.480 e. The molecule has 0 amide bonds. The van der Waals surface area contributed by atoms with Gasteiger partial charge in [-0.1, -0.05) is 57.5 Å². The summed E-state index contributed by atoms with van der Waals surface area (Å²) < 4.78 is 6.26. The zero-order chi connectivity index (χ0) is 20.9. The summed E-state index contributed by atoms with van der Waals surface area (Å²) in [6, 6.07) is 12.7. The van der Waals surface area contributed by atoms with Gasteiger partial charge in [0.05, 0.1) is 25.4 Å². The van der Waals surface area contributed by atoms with E-state index in [2.05, 4.69) is 58.9 Å². The van der Waals surface area contributed by atoms with Crippen molar-refractivity contribution >= 4 is 21.6 Å². The van der Waals surface area contributed by atoms with Crippen LogP contribution in [0.2, 0.25) is 0 Å². The second-order valence-electron chi connectivity index (χ2n) is 8.59. The number of pyridine rings is 1. The molecule has 1 aromatic carbocycles. The number of halogens is 1. The van der Waals surface area contributed by atoms with E-state index in [4.69, 9.17) is 9.57 Å². The van der Waals surface area contributed by atoms with Gasteiger partial charge in [0.15, 0.2) is 0 Å². The smallest absolute Gasteiger partial charge is 0.229 e. The molecule has 2 aromatic rings. The fourth-order valence-electron chi connectivity index (χ4n) is 4.20. The maximum atomic E-state index is 6.40. The molecule has 0 N–H and O–H groups in total. The van der Waals surface area contributed by atoms with Gasteiger partial charge in [0, 0.05) is 6.20 Å². The molecule has 0 saturated heterocycles. The first-order valence-corrected chi connectivity index (χ1v) is 11.4. The molecule has 0 spiro atoms. The van der Waals surface area contributed by atoms with Gasteiger partial charge < -0.3 is 4.74 Å². The molecule has 29 heavy (non-hydrogen) atoms. The molecule has 0 bridgehead atoms. The lowest BCUT2D eigenvalue weighted by molar-refractivity contribution is 0.0473. The predicted molar refractivity (Wildman–Crippen MR) is 122 cm³/mol. The van der Waals surface area contributed by atoms with Crippen molar-refractivity contribution in [2.45, 2.75) is 65.5 Å². The summed E-state index contributed by atoms with van der Waals surface area (Å²) in [5, 5.41) is 2.09. The number of rotatable bonds is 8. The van der Waals surface area contributed by atoms with Crippen LogP contribution < -0.4 is 9.80 Å². The minimum Gasteiger partial charge on any atom is -0.480 e. The van der Waals surface area contributed by atoms with Crippen LogP contribution in [0.5, 0.6) is 5.88 Å². The van der Waals surface area contributed by atoms with Crippen LogP contribution in [-0.4, -0.2) is 18.1 Å². The van der Waals surface area contributed by atoms with Gasteiger partial charge >= 0.3 is 0 Å². The van der Waals surface area contributed by atoms with Crippen molar-refractivity contribution < 1.29 is 9.57 Å². The normalized spacial score (nSPS) is 19.8. The lowest BCUT2D eigenvalue weighted by Gasteiger charge is -2.42. The van der Waals surface area contributed by atoms with Crippen molar-refractivity contribution in [1.82, 2.24) is 4.98 Å². The van der Waals surface area contributed by atoms with E-state index in [0.717, 1.165) is 34.5 Å². The Labute approximate surface area is 183 Å². The quantitative estimate of drug-likeness (QED) is 0.406. The first-order chi connectivity index (χ1) is 14.0. The summed E-state index contributed by atoms with van der Waals surface area (Å²) in [5.41, 5.74) is 2.54. The molecule has 4 nitrogen and oxygen atoms in total. The molecular weight excluding hydrogens is 428 g/mol. The molecule has 5 heteroatoms. The van der Waals surface area contributed by atoms with Crippen LogP contribution in [0.3, 0.4) is 0 Å². The van der Waals surface area contributed by atoms with Crippen LogP contribution in [0.15, 0.2) is 47.1 Å². The predicted octanol–water partition coefficient (Wildman–Crippen LogP) is 6.79. The molecule has 3 rings (SSSR count). The maximum Gasteiger partial charge on any atom is 0.229 e. The van der Waals surface area contributed by atoms with Crippen molar-refractivity contribution in [2.75, 3.05) is 12.2 Å². The zero-order valence-corrected chi connectivity index (χ0v) is 19.6. The monoisotopic (exact) mass is 460 g/mol. The van der Waals surface area contributed by atoms with E-state index in [1.54, 1.807) is 13.3 Å². The average Bonchev–Trinajstić information content (AvgIpc) is 2.76. The molecule has 0 unspecified atom stereocenters. The second kappa shape index (κ2) is 9.94. The van der Waals surface area contributed by atoms with Crippen molar-refractivity contribution in [3.05, 3.63) is 52.6 Å². The van der Waals surface area contributed by atoms with Gasteiger partial charge in [-0.2, -0.15) is 0 Å². The number of benzene rings is 1. The van der Waals surface area contributed by atoms with Crippen molar-refractivity contribution in [1.29, 1.82) is 0 Å². The van der Waals surface area contributed by atoms with Crippen LogP contribution in [0.4, 0.5) is 5.69 Å². The number of anilines is 1. The van der Waals surface area contributed by atoms with Crippen LogP contribution >= 0.6 is 15.9 Å². The molecule has 158 valence electrons. The Balaban J connectivity index is 1.80. The summed E-state index contributed by atoms with van der Waals surface area (Å²) in [7, 11) is 1.64. The lowest BCUT2D eigenvalue weighted by Crippen LogP contribution is -2.40. The maximum absolute atomic E-state index is 6.40. The molecule has 1 heterocycles. The van der Waals surface area contributed by atoms with E-state index in [1.165, 1.54) is 19.3 Å². The first kappa shape index (κ1) is 22.1. The Kier molecular flexibility index (Phi) is 7.58. The lowest BCUT2D eigenvalue weighted by atomic mass is 9.69. The topological polar surface area (TPSA) is 34.6 Å². The van der Waals surface area contributed by atoms with Gasteiger partial charge in [0.25, 0.3) is 0 Å². The number of nitrogens with zero attached hydrogens (tertiary/aromatic N) is 2. The van der Waals surface area contributed by atoms with Gasteiger partial charge in [0.1, 0.15) is 4.47 Å². The molecule has 1 fully saturated rings. The fourth-order valence-corrected chi connectivity index (χ4v) is 4.77. The Hall–Kier alpha value is -1.59. The number of methoxy groups -OCH3 is 1. The summed E-state index contributed by atoms with van der Waals surface area (Å²) >= 11 is 3.68. The third kappa shape index (κ3) is 5.32. The highest BCUT2D eigenvalue weighted by molar-refractivity contribution is 9.10. The van der Waals surface area contributed by atoms with Crippen molar-refractivity contribution in [2.24, 2.45) is 11.3 Å². The van der Waals surface area contributed by atoms with E-state index in [9.17, 15) is 0 Å². The molecule has 0 aliphatic heterocycles. The highest BCUT2D eigenvalue weighted by Crippen LogP contribution is 2.43. The minimum atomic E-state index is 0.339. The van der Waals surface area contributed by atoms with E-state index in [0.29, 0.717) is 23.9 Å². The molecular formula is C24H33BrN2O2. The summed E-state index contributed by atoms with van der Waals surface area (Å²) in [6.07, 6.45) is 7.72. The SMILES string of the molecule is CCC(C)(C)C1CCC(N(OCc2ccccc2)c2ccnc(OC)c2Br)CC1. The van der Waals surface area contributed by atoms with Crippen LogP contribution in [0.25, 0.3) is 0 Å². The second-order valence-corrected chi connectivity index (χ2v) is 9.38.